The molecule has 0 spiro atoms. The molecule has 2 amide bonds. The number of nitrogens with zero attached hydrogens (tertiary/aromatic N) is 1. The molecular weight excluding hydrogens is 328 g/mol. The molecule has 1 aliphatic rings. The number of ether oxygens (including phenoxy) is 1. The summed E-state index contributed by atoms with van der Waals surface area (Å²) in [6.07, 6.45) is 0.993. The van der Waals surface area contributed by atoms with Crippen molar-refractivity contribution >= 4 is 11.8 Å². The lowest BCUT2D eigenvalue weighted by Gasteiger charge is -2.25. The molecule has 136 valence electrons. The number of carbonyl (C=O) groups excluding carboxylic acids is 2. The van der Waals surface area contributed by atoms with Gasteiger partial charge in [0, 0.05) is 20.0 Å². The number of amides is 2. The fraction of sp³-hybridized carbons (Fsp3) is 0.333. The van der Waals surface area contributed by atoms with Crippen LogP contribution >= 0.6 is 0 Å². The number of hydrogen-bond acceptors (Lipinski definition) is 3. The molecule has 0 bridgehead atoms. The molecule has 2 unspecified atom stereocenters. The topological polar surface area (TPSA) is 58.6 Å². The van der Waals surface area contributed by atoms with E-state index in [1.54, 1.807) is 19.1 Å². The Bertz CT molecular complexity index is 759. The van der Waals surface area contributed by atoms with E-state index in [1.165, 1.54) is 0 Å². The van der Waals surface area contributed by atoms with E-state index in [1.807, 2.05) is 54.6 Å². The van der Waals surface area contributed by atoms with Gasteiger partial charge in [-0.05, 0) is 29.7 Å². The number of carbonyl (C=O) groups is 2. The highest BCUT2D eigenvalue weighted by atomic mass is 16.5. The SMILES string of the molecule is COc1ccc(CCNC(=O)C2CC(=O)N(C)C2c2ccccc2)cc1. The third-order valence-corrected chi connectivity index (χ3v) is 4.94. The molecule has 5 nitrogen and oxygen atoms in total. The predicted molar refractivity (Wildman–Crippen MR) is 99.8 cm³/mol. The number of rotatable bonds is 6. The lowest BCUT2D eigenvalue weighted by Crippen LogP contribution is -2.35. The number of nitrogens with one attached hydrogen (secondary N) is 1. The van der Waals surface area contributed by atoms with Gasteiger partial charge in [0.1, 0.15) is 5.75 Å². The molecule has 2 aromatic carbocycles. The summed E-state index contributed by atoms with van der Waals surface area (Å²) in [6.45, 7) is 0.543. The molecular formula is C21H24N2O3. The molecule has 0 aromatic heterocycles. The Morgan fingerprint density at radius 1 is 1.15 bits per heavy atom. The summed E-state index contributed by atoms with van der Waals surface area (Å²) >= 11 is 0. The standard InChI is InChI=1S/C21H24N2O3/c1-23-19(24)14-18(20(23)16-6-4-3-5-7-16)21(25)22-13-12-15-8-10-17(26-2)11-9-15/h3-11,18,20H,12-14H2,1-2H3,(H,22,25). The maximum atomic E-state index is 12.7. The molecule has 5 heteroatoms. The Labute approximate surface area is 154 Å². The first-order valence-electron chi connectivity index (χ1n) is 8.81. The summed E-state index contributed by atoms with van der Waals surface area (Å²) in [5, 5.41) is 2.99. The first kappa shape index (κ1) is 18.0. The van der Waals surface area contributed by atoms with Crippen molar-refractivity contribution < 1.29 is 14.3 Å². The molecule has 1 saturated heterocycles. The zero-order chi connectivity index (χ0) is 18.5. The van der Waals surface area contributed by atoms with Crippen LogP contribution in [0, 0.1) is 5.92 Å². The van der Waals surface area contributed by atoms with Gasteiger partial charge in [-0.25, -0.2) is 0 Å². The van der Waals surface area contributed by atoms with E-state index in [4.69, 9.17) is 4.74 Å². The molecule has 1 N–H and O–H groups in total. The highest BCUT2D eigenvalue weighted by Crippen LogP contribution is 2.36. The summed E-state index contributed by atoms with van der Waals surface area (Å²) in [7, 11) is 3.41. The highest BCUT2D eigenvalue weighted by molar-refractivity contribution is 5.90. The van der Waals surface area contributed by atoms with Crippen LogP contribution in [0.2, 0.25) is 0 Å². The van der Waals surface area contributed by atoms with E-state index in [9.17, 15) is 9.59 Å². The lowest BCUT2D eigenvalue weighted by atomic mass is 9.93. The maximum absolute atomic E-state index is 12.7. The molecule has 1 heterocycles. The van der Waals surface area contributed by atoms with Crippen molar-refractivity contribution in [3.05, 3.63) is 65.7 Å². The summed E-state index contributed by atoms with van der Waals surface area (Å²) in [4.78, 5) is 26.5. The average Bonchev–Trinajstić information content (AvgIpc) is 2.98. The molecule has 2 atom stereocenters. The Kier molecular flexibility index (Phi) is 5.56. The predicted octanol–water partition coefficient (Wildman–Crippen LogP) is 2.57. The molecule has 1 aliphatic heterocycles. The first-order valence-corrected chi connectivity index (χ1v) is 8.81. The Morgan fingerprint density at radius 2 is 1.85 bits per heavy atom. The normalized spacial score (nSPS) is 19.5. The molecule has 26 heavy (non-hydrogen) atoms. The van der Waals surface area contributed by atoms with Gasteiger partial charge in [0.05, 0.1) is 19.1 Å². The zero-order valence-corrected chi connectivity index (χ0v) is 15.1. The number of benzene rings is 2. The van der Waals surface area contributed by atoms with Gasteiger partial charge in [0.15, 0.2) is 0 Å². The largest absolute Gasteiger partial charge is 0.497 e. The van der Waals surface area contributed by atoms with E-state index in [0.29, 0.717) is 6.54 Å². The van der Waals surface area contributed by atoms with Crippen molar-refractivity contribution in [3.8, 4) is 5.75 Å². The van der Waals surface area contributed by atoms with Gasteiger partial charge in [-0.1, -0.05) is 42.5 Å². The van der Waals surface area contributed by atoms with Crippen LogP contribution in [-0.2, 0) is 16.0 Å². The van der Waals surface area contributed by atoms with E-state index in [2.05, 4.69) is 5.32 Å². The van der Waals surface area contributed by atoms with Crippen LogP contribution in [-0.4, -0.2) is 37.4 Å². The van der Waals surface area contributed by atoms with Crippen molar-refractivity contribution in [1.82, 2.24) is 10.2 Å². The molecule has 2 aromatic rings. The third kappa shape index (κ3) is 3.87. The Morgan fingerprint density at radius 3 is 2.50 bits per heavy atom. The quantitative estimate of drug-likeness (QED) is 0.869. The van der Waals surface area contributed by atoms with Crippen molar-refractivity contribution in [2.24, 2.45) is 5.92 Å². The molecule has 0 saturated carbocycles. The van der Waals surface area contributed by atoms with Gasteiger partial charge in [-0.2, -0.15) is 0 Å². The molecule has 1 fully saturated rings. The van der Waals surface area contributed by atoms with E-state index >= 15 is 0 Å². The number of likely N-dealkylation sites (tertiary alicyclic amines) is 1. The third-order valence-electron chi connectivity index (χ3n) is 4.94. The highest BCUT2D eigenvalue weighted by Gasteiger charge is 2.42. The number of hydrogen-bond donors (Lipinski definition) is 1. The fourth-order valence-electron chi connectivity index (χ4n) is 3.46. The molecule has 0 radical (unpaired) electrons. The maximum Gasteiger partial charge on any atom is 0.226 e. The van der Waals surface area contributed by atoms with Crippen LogP contribution in [0.4, 0.5) is 0 Å². The Balaban J connectivity index is 1.61. The van der Waals surface area contributed by atoms with Crippen LogP contribution in [0.3, 0.4) is 0 Å². The first-order chi connectivity index (χ1) is 12.6. The second-order valence-electron chi connectivity index (χ2n) is 6.56. The molecule has 3 rings (SSSR count). The monoisotopic (exact) mass is 352 g/mol. The van der Waals surface area contributed by atoms with Crippen LogP contribution in [0.25, 0.3) is 0 Å². The second-order valence-corrected chi connectivity index (χ2v) is 6.56. The van der Waals surface area contributed by atoms with Crippen LogP contribution in [0.1, 0.15) is 23.6 Å². The minimum Gasteiger partial charge on any atom is -0.497 e. The fourth-order valence-corrected chi connectivity index (χ4v) is 3.46. The average molecular weight is 352 g/mol. The van der Waals surface area contributed by atoms with Gasteiger partial charge in [0.25, 0.3) is 0 Å². The van der Waals surface area contributed by atoms with Gasteiger partial charge >= 0.3 is 0 Å². The molecule has 0 aliphatic carbocycles. The summed E-state index contributed by atoms with van der Waals surface area (Å²) in [6, 6.07) is 17.3. The van der Waals surface area contributed by atoms with E-state index < -0.39 is 0 Å². The smallest absolute Gasteiger partial charge is 0.226 e. The van der Waals surface area contributed by atoms with Crippen LogP contribution < -0.4 is 10.1 Å². The summed E-state index contributed by atoms with van der Waals surface area (Å²) in [5.74, 6) is 0.404. The second kappa shape index (κ2) is 8.04. The van der Waals surface area contributed by atoms with E-state index in [0.717, 1.165) is 23.3 Å². The van der Waals surface area contributed by atoms with Crippen molar-refractivity contribution in [3.63, 3.8) is 0 Å². The van der Waals surface area contributed by atoms with Gasteiger partial charge < -0.3 is 15.0 Å². The van der Waals surface area contributed by atoms with Gasteiger partial charge in [-0.3, -0.25) is 9.59 Å². The number of methoxy groups -OCH3 is 1. The van der Waals surface area contributed by atoms with Crippen LogP contribution in [0.5, 0.6) is 5.75 Å². The van der Waals surface area contributed by atoms with Gasteiger partial charge in [-0.15, -0.1) is 0 Å². The van der Waals surface area contributed by atoms with Crippen LogP contribution in [0.15, 0.2) is 54.6 Å². The summed E-state index contributed by atoms with van der Waals surface area (Å²) < 4.78 is 5.15. The van der Waals surface area contributed by atoms with E-state index in [-0.39, 0.29) is 30.2 Å². The minimum atomic E-state index is -0.356. The zero-order valence-electron chi connectivity index (χ0n) is 15.1. The van der Waals surface area contributed by atoms with Crippen molar-refractivity contribution in [2.75, 3.05) is 20.7 Å². The van der Waals surface area contributed by atoms with Gasteiger partial charge in [0.2, 0.25) is 11.8 Å². The lowest BCUT2D eigenvalue weighted by molar-refractivity contribution is -0.128. The minimum absolute atomic E-state index is 0.00848. The van der Waals surface area contributed by atoms with Crippen molar-refractivity contribution in [1.29, 1.82) is 0 Å². The summed E-state index contributed by atoms with van der Waals surface area (Å²) in [5.41, 5.74) is 2.13. The Hall–Kier alpha value is -2.82. The van der Waals surface area contributed by atoms with Crippen molar-refractivity contribution in [2.45, 2.75) is 18.9 Å².